The Morgan fingerprint density at radius 3 is 2.48 bits per heavy atom. The van der Waals surface area contributed by atoms with E-state index in [0.717, 1.165) is 23.4 Å². The Bertz CT molecular complexity index is 720. The molecule has 0 aliphatic heterocycles. The Kier molecular flexibility index (Phi) is 3.66. The smallest absolute Gasteiger partial charge is 0.315 e. The minimum atomic E-state index is -0.277. The minimum absolute atomic E-state index is 0.0643. The maximum Gasteiger partial charge on any atom is 0.315 e. The number of aromatic nitrogens is 2. The summed E-state index contributed by atoms with van der Waals surface area (Å²) in [4.78, 5) is 12.4. The fourth-order valence-electron chi connectivity index (χ4n) is 3.36. The molecule has 1 aromatic carbocycles. The van der Waals surface area contributed by atoms with Gasteiger partial charge in [-0.1, -0.05) is 44.2 Å². The van der Waals surface area contributed by atoms with Crippen molar-refractivity contribution in [1.82, 2.24) is 20.4 Å². The second kappa shape index (κ2) is 5.41. The standard InChI is InChI=1S/C18H24N4O/c1-13-10-15(22(4)21-13)11-19-16(23)20-18(12-17(18,2)3)14-8-6-5-7-9-14/h5-10H,11-12H2,1-4H3,(H2,19,20,23)/t18-/m1/s1. The summed E-state index contributed by atoms with van der Waals surface area (Å²) in [5.74, 6) is 0. The van der Waals surface area contributed by atoms with Gasteiger partial charge in [0.2, 0.25) is 0 Å². The van der Waals surface area contributed by atoms with E-state index < -0.39 is 0 Å². The third kappa shape index (κ3) is 2.83. The van der Waals surface area contributed by atoms with E-state index in [1.165, 1.54) is 0 Å². The molecule has 0 unspecified atom stereocenters. The molecule has 5 heteroatoms. The van der Waals surface area contributed by atoms with Crippen molar-refractivity contribution < 1.29 is 4.79 Å². The van der Waals surface area contributed by atoms with Crippen LogP contribution in [0, 0.1) is 12.3 Å². The zero-order chi connectivity index (χ0) is 16.7. The average molecular weight is 312 g/mol. The third-order valence-electron chi connectivity index (χ3n) is 4.86. The van der Waals surface area contributed by atoms with E-state index in [1.54, 1.807) is 4.68 Å². The lowest BCUT2D eigenvalue weighted by Gasteiger charge is -2.23. The lowest BCUT2D eigenvalue weighted by molar-refractivity contribution is 0.231. The Morgan fingerprint density at radius 2 is 1.96 bits per heavy atom. The van der Waals surface area contributed by atoms with Crippen LogP contribution < -0.4 is 10.6 Å². The molecule has 1 heterocycles. The van der Waals surface area contributed by atoms with Gasteiger partial charge in [-0.15, -0.1) is 0 Å². The molecule has 3 rings (SSSR count). The summed E-state index contributed by atoms with van der Waals surface area (Å²) >= 11 is 0. The van der Waals surface area contributed by atoms with E-state index in [0.29, 0.717) is 6.54 Å². The number of hydrogen-bond acceptors (Lipinski definition) is 2. The molecule has 1 saturated carbocycles. The minimum Gasteiger partial charge on any atom is -0.333 e. The lowest BCUT2D eigenvalue weighted by Crippen LogP contribution is -2.44. The Hall–Kier alpha value is -2.30. The number of nitrogens with zero attached hydrogens (tertiary/aromatic N) is 2. The molecule has 122 valence electrons. The topological polar surface area (TPSA) is 59.0 Å². The second-order valence-electron chi connectivity index (χ2n) is 7.04. The second-order valence-corrected chi connectivity index (χ2v) is 7.04. The highest BCUT2D eigenvalue weighted by Crippen LogP contribution is 2.62. The molecule has 1 atom stereocenters. The van der Waals surface area contributed by atoms with Gasteiger partial charge in [0.15, 0.2) is 0 Å². The molecule has 23 heavy (non-hydrogen) atoms. The van der Waals surface area contributed by atoms with Crippen molar-refractivity contribution in [3.63, 3.8) is 0 Å². The summed E-state index contributed by atoms with van der Waals surface area (Å²) in [6.07, 6.45) is 0.947. The van der Waals surface area contributed by atoms with Crippen molar-refractivity contribution in [3.05, 3.63) is 53.3 Å². The Labute approximate surface area is 137 Å². The molecule has 1 aromatic heterocycles. The number of benzene rings is 1. The molecule has 1 fully saturated rings. The van der Waals surface area contributed by atoms with Gasteiger partial charge in [0, 0.05) is 7.05 Å². The first-order chi connectivity index (χ1) is 10.8. The van der Waals surface area contributed by atoms with Gasteiger partial charge in [0.05, 0.1) is 23.5 Å². The molecule has 0 spiro atoms. The molecule has 5 nitrogen and oxygen atoms in total. The van der Waals surface area contributed by atoms with Crippen molar-refractivity contribution in [2.45, 2.75) is 39.3 Å². The maximum absolute atomic E-state index is 12.4. The maximum atomic E-state index is 12.4. The van der Waals surface area contributed by atoms with Crippen LogP contribution in [0.1, 0.15) is 37.2 Å². The van der Waals surface area contributed by atoms with Gasteiger partial charge >= 0.3 is 6.03 Å². The molecule has 0 bridgehead atoms. The van der Waals surface area contributed by atoms with E-state index in [1.807, 2.05) is 38.2 Å². The zero-order valence-corrected chi connectivity index (χ0v) is 14.2. The predicted molar refractivity (Wildman–Crippen MR) is 89.8 cm³/mol. The van der Waals surface area contributed by atoms with Crippen LogP contribution >= 0.6 is 0 Å². The molecule has 0 saturated heterocycles. The number of urea groups is 1. The van der Waals surface area contributed by atoms with Crippen LogP contribution in [0.5, 0.6) is 0 Å². The summed E-state index contributed by atoms with van der Waals surface area (Å²) in [6.45, 7) is 6.78. The number of aryl methyl sites for hydroxylation is 2. The molecule has 2 aromatic rings. The molecular weight excluding hydrogens is 288 g/mol. The SMILES string of the molecule is Cc1cc(CNC(=O)N[C@@]2(c3ccccc3)CC2(C)C)n(C)n1. The largest absolute Gasteiger partial charge is 0.333 e. The first kappa shape index (κ1) is 15.6. The number of rotatable bonds is 4. The van der Waals surface area contributed by atoms with Crippen LogP contribution in [0.4, 0.5) is 4.79 Å². The predicted octanol–water partition coefficient (Wildman–Crippen LogP) is 2.85. The number of nitrogens with one attached hydrogen (secondary N) is 2. The van der Waals surface area contributed by atoms with Crippen LogP contribution in [0.2, 0.25) is 0 Å². The van der Waals surface area contributed by atoms with Gasteiger partial charge in [0.25, 0.3) is 0 Å². The van der Waals surface area contributed by atoms with Gasteiger partial charge in [-0.05, 0) is 30.4 Å². The highest BCUT2D eigenvalue weighted by molar-refractivity contribution is 5.76. The quantitative estimate of drug-likeness (QED) is 0.912. The fourth-order valence-corrected chi connectivity index (χ4v) is 3.36. The Morgan fingerprint density at radius 1 is 1.30 bits per heavy atom. The van der Waals surface area contributed by atoms with Crippen molar-refractivity contribution >= 4 is 6.03 Å². The van der Waals surface area contributed by atoms with Crippen molar-refractivity contribution in [1.29, 1.82) is 0 Å². The summed E-state index contributed by atoms with van der Waals surface area (Å²) < 4.78 is 1.80. The number of carbonyl (C=O) groups is 1. The normalized spacial score (nSPS) is 21.7. The lowest BCUT2D eigenvalue weighted by atomic mass is 9.96. The van der Waals surface area contributed by atoms with E-state index in [4.69, 9.17) is 0 Å². The van der Waals surface area contributed by atoms with Crippen LogP contribution in [-0.2, 0) is 19.1 Å². The van der Waals surface area contributed by atoms with Gasteiger partial charge in [-0.2, -0.15) is 5.10 Å². The summed E-state index contributed by atoms with van der Waals surface area (Å²) in [5, 5.41) is 10.4. The highest BCUT2D eigenvalue weighted by atomic mass is 16.2. The van der Waals surface area contributed by atoms with E-state index in [2.05, 4.69) is 41.7 Å². The summed E-state index contributed by atoms with van der Waals surface area (Å²) in [7, 11) is 1.89. The van der Waals surface area contributed by atoms with Crippen LogP contribution in [0.25, 0.3) is 0 Å². The number of amides is 2. The highest BCUT2D eigenvalue weighted by Gasteiger charge is 2.63. The molecular formula is C18H24N4O. The van der Waals surface area contributed by atoms with E-state index in [-0.39, 0.29) is 17.0 Å². The van der Waals surface area contributed by atoms with Crippen molar-refractivity contribution in [2.75, 3.05) is 0 Å². The van der Waals surface area contributed by atoms with Gasteiger partial charge in [0.1, 0.15) is 0 Å². The number of carbonyl (C=O) groups excluding carboxylic acids is 1. The molecule has 0 radical (unpaired) electrons. The summed E-state index contributed by atoms with van der Waals surface area (Å²) in [5.41, 5.74) is 2.89. The first-order valence-corrected chi connectivity index (χ1v) is 7.95. The molecule has 1 aliphatic rings. The Balaban J connectivity index is 1.68. The molecule has 2 N–H and O–H groups in total. The monoisotopic (exact) mass is 312 g/mol. The fraction of sp³-hybridized carbons (Fsp3) is 0.444. The van der Waals surface area contributed by atoms with Gasteiger partial charge < -0.3 is 10.6 Å². The van der Waals surface area contributed by atoms with Gasteiger partial charge in [-0.25, -0.2) is 4.79 Å². The first-order valence-electron chi connectivity index (χ1n) is 7.95. The number of hydrogen-bond donors (Lipinski definition) is 2. The summed E-state index contributed by atoms with van der Waals surface area (Å²) in [6, 6.07) is 12.0. The molecule has 2 amide bonds. The third-order valence-corrected chi connectivity index (χ3v) is 4.86. The van der Waals surface area contributed by atoms with Crippen molar-refractivity contribution in [2.24, 2.45) is 12.5 Å². The van der Waals surface area contributed by atoms with Gasteiger partial charge in [-0.3, -0.25) is 4.68 Å². The molecule has 1 aliphatic carbocycles. The van der Waals surface area contributed by atoms with E-state index >= 15 is 0 Å². The van der Waals surface area contributed by atoms with E-state index in [9.17, 15) is 4.79 Å². The average Bonchev–Trinajstić information content (AvgIpc) is 2.89. The van der Waals surface area contributed by atoms with Crippen LogP contribution in [0.15, 0.2) is 36.4 Å². The zero-order valence-electron chi connectivity index (χ0n) is 14.2. The van der Waals surface area contributed by atoms with Crippen LogP contribution in [-0.4, -0.2) is 15.8 Å². The van der Waals surface area contributed by atoms with Crippen LogP contribution in [0.3, 0.4) is 0 Å². The van der Waals surface area contributed by atoms with Crippen molar-refractivity contribution in [3.8, 4) is 0 Å².